The Balaban J connectivity index is 1.55. The van der Waals surface area contributed by atoms with Crippen molar-refractivity contribution < 1.29 is 19.1 Å². The van der Waals surface area contributed by atoms with E-state index in [1.807, 2.05) is 6.07 Å². The second-order valence-corrected chi connectivity index (χ2v) is 9.86. The van der Waals surface area contributed by atoms with Gasteiger partial charge in [0.2, 0.25) is 0 Å². The molecule has 0 spiro atoms. The summed E-state index contributed by atoms with van der Waals surface area (Å²) in [7, 11) is 3.16. The van der Waals surface area contributed by atoms with Crippen molar-refractivity contribution >= 4 is 52.3 Å². The first-order valence-corrected chi connectivity index (χ1v) is 13.5. The van der Waals surface area contributed by atoms with Crippen molar-refractivity contribution in [2.24, 2.45) is 0 Å². The zero-order chi connectivity index (χ0) is 27.5. The summed E-state index contributed by atoms with van der Waals surface area (Å²) in [5, 5.41) is 0.0815. The van der Waals surface area contributed by atoms with Crippen LogP contribution in [0.15, 0.2) is 72.3 Å². The smallest absolute Gasteiger partial charge is 0.270 e. The molecular weight excluding hydrogens is 510 g/mol. The Morgan fingerprint density at radius 1 is 0.846 bits per heavy atom. The molecule has 3 aromatic rings. The number of hydrogen-bond acceptors (Lipinski definition) is 6. The van der Waals surface area contributed by atoms with Gasteiger partial charge in [0.15, 0.2) is 5.11 Å². The summed E-state index contributed by atoms with van der Waals surface area (Å²) < 4.78 is 10.6. The maximum atomic E-state index is 13.9. The number of nitrogens with zero attached hydrogens (tertiary/aromatic N) is 3. The number of fused-ring (bicyclic) bond motifs is 1. The molecule has 2 aliphatic rings. The molecule has 2 heterocycles. The summed E-state index contributed by atoms with van der Waals surface area (Å²) in [5.74, 6) is 0.369. The maximum absolute atomic E-state index is 13.9. The highest BCUT2D eigenvalue weighted by Gasteiger charge is 2.41. The molecule has 2 aliphatic heterocycles. The summed E-state index contributed by atoms with van der Waals surface area (Å²) in [6.07, 6.45) is 4.92. The van der Waals surface area contributed by atoms with Crippen LogP contribution in [0, 0.1) is 0 Å². The van der Waals surface area contributed by atoms with Crippen LogP contribution in [0.4, 0.5) is 17.1 Å². The molecule has 39 heavy (non-hydrogen) atoms. The van der Waals surface area contributed by atoms with Crippen molar-refractivity contribution in [2.75, 3.05) is 42.0 Å². The predicted molar refractivity (Wildman–Crippen MR) is 159 cm³/mol. The molecular formula is C31H31N3O4S. The van der Waals surface area contributed by atoms with Crippen LogP contribution in [-0.2, 0) is 16.0 Å². The normalized spacial score (nSPS) is 15.1. The lowest BCUT2D eigenvalue weighted by Crippen LogP contribution is -2.56. The van der Waals surface area contributed by atoms with Gasteiger partial charge in [0, 0.05) is 18.8 Å². The number of ether oxygens (including phenoxy) is 2. The van der Waals surface area contributed by atoms with Crippen molar-refractivity contribution in [1.82, 2.24) is 0 Å². The number of rotatable bonds is 8. The van der Waals surface area contributed by atoms with E-state index in [1.165, 1.54) is 21.1 Å². The monoisotopic (exact) mass is 541 g/mol. The molecule has 5 rings (SSSR count). The van der Waals surface area contributed by atoms with E-state index in [4.69, 9.17) is 21.7 Å². The Morgan fingerprint density at radius 3 is 1.92 bits per heavy atom. The molecule has 7 nitrogen and oxygen atoms in total. The van der Waals surface area contributed by atoms with Crippen LogP contribution in [0.3, 0.4) is 0 Å². The van der Waals surface area contributed by atoms with Crippen molar-refractivity contribution in [3.05, 3.63) is 83.4 Å². The van der Waals surface area contributed by atoms with E-state index in [0.717, 1.165) is 37.9 Å². The Morgan fingerprint density at radius 2 is 1.41 bits per heavy atom. The van der Waals surface area contributed by atoms with Crippen LogP contribution in [0.2, 0.25) is 0 Å². The zero-order valence-corrected chi connectivity index (χ0v) is 23.2. The third kappa shape index (κ3) is 5.12. The van der Waals surface area contributed by atoms with Crippen molar-refractivity contribution in [3.63, 3.8) is 0 Å². The van der Waals surface area contributed by atoms with Gasteiger partial charge >= 0.3 is 0 Å². The van der Waals surface area contributed by atoms with E-state index >= 15 is 0 Å². The molecule has 1 saturated heterocycles. The van der Waals surface area contributed by atoms with Crippen molar-refractivity contribution in [1.29, 1.82) is 0 Å². The first-order chi connectivity index (χ1) is 18.9. The second kappa shape index (κ2) is 11.3. The molecule has 1 fully saturated rings. The fourth-order valence-electron chi connectivity index (χ4n) is 4.98. The number of hydrogen-bond donors (Lipinski definition) is 0. The summed E-state index contributed by atoms with van der Waals surface area (Å²) in [5.41, 5.74) is 4.39. The van der Waals surface area contributed by atoms with E-state index in [9.17, 15) is 9.59 Å². The topological polar surface area (TPSA) is 62.3 Å². The molecule has 0 unspecified atom stereocenters. The molecule has 0 radical (unpaired) electrons. The number of amides is 2. The molecule has 8 heteroatoms. The van der Waals surface area contributed by atoms with Crippen LogP contribution in [0.25, 0.3) is 6.08 Å². The highest BCUT2D eigenvalue weighted by Crippen LogP contribution is 2.33. The molecule has 0 bridgehead atoms. The molecule has 0 saturated carbocycles. The number of unbranched alkanes of at least 4 members (excludes halogenated alkanes) is 1. The molecule has 200 valence electrons. The van der Waals surface area contributed by atoms with Crippen LogP contribution in [-0.4, -0.2) is 44.2 Å². The van der Waals surface area contributed by atoms with Gasteiger partial charge in [-0.3, -0.25) is 19.4 Å². The quantitative estimate of drug-likeness (QED) is 0.210. The number of carbonyl (C=O) groups is 2. The van der Waals surface area contributed by atoms with Crippen molar-refractivity contribution in [2.45, 2.75) is 26.2 Å². The third-order valence-corrected chi connectivity index (χ3v) is 7.46. The lowest BCUT2D eigenvalue weighted by molar-refractivity contribution is -0.120. The summed E-state index contributed by atoms with van der Waals surface area (Å²) in [6, 6.07) is 20.2. The van der Waals surface area contributed by atoms with Gasteiger partial charge in [-0.25, -0.2) is 0 Å². The highest BCUT2D eigenvalue weighted by atomic mass is 32.1. The molecule has 0 aromatic heterocycles. The maximum Gasteiger partial charge on any atom is 0.270 e. The van der Waals surface area contributed by atoms with Gasteiger partial charge in [0.1, 0.15) is 17.1 Å². The first-order valence-electron chi connectivity index (χ1n) is 13.1. The fourth-order valence-corrected chi connectivity index (χ4v) is 5.35. The third-order valence-electron chi connectivity index (χ3n) is 7.10. The van der Waals surface area contributed by atoms with Gasteiger partial charge in [-0.05, 0) is 103 Å². The summed E-state index contributed by atoms with van der Waals surface area (Å²) in [4.78, 5) is 32.9. The van der Waals surface area contributed by atoms with Crippen molar-refractivity contribution in [3.8, 4) is 11.5 Å². The van der Waals surface area contributed by atoms with E-state index in [2.05, 4.69) is 24.0 Å². The van der Waals surface area contributed by atoms with Crippen LogP contribution in [0.1, 0.15) is 30.9 Å². The van der Waals surface area contributed by atoms with Gasteiger partial charge in [-0.2, -0.15) is 0 Å². The van der Waals surface area contributed by atoms with E-state index in [0.29, 0.717) is 22.9 Å². The van der Waals surface area contributed by atoms with Gasteiger partial charge < -0.3 is 14.4 Å². The second-order valence-electron chi connectivity index (χ2n) is 9.50. The van der Waals surface area contributed by atoms with E-state index < -0.39 is 11.8 Å². The van der Waals surface area contributed by atoms with Gasteiger partial charge in [-0.1, -0.05) is 19.4 Å². The van der Waals surface area contributed by atoms with Gasteiger partial charge in [0.25, 0.3) is 11.8 Å². The minimum atomic E-state index is -0.468. The van der Waals surface area contributed by atoms with E-state index in [1.54, 1.807) is 68.8 Å². The number of carbonyl (C=O) groups excluding carboxylic acids is 2. The molecule has 2 amide bonds. The molecule has 3 aromatic carbocycles. The minimum Gasteiger partial charge on any atom is -0.497 e. The molecule has 0 N–H and O–H groups in total. The molecule has 0 aliphatic carbocycles. The van der Waals surface area contributed by atoms with Crippen LogP contribution >= 0.6 is 12.2 Å². The average molecular weight is 542 g/mol. The Labute approximate surface area is 234 Å². The first kappa shape index (κ1) is 26.4. The van der Waals surface area contributed by atoms with Crippen LogP contribution < -0.4 is 24.2 Å². The predicted octanol–water partition coefficient (Wildman–Crippen LogP) is 5.61. The number of benzene rings is 3. The number of thiocarbonyl (C=S) groups is 1. The van der Waals surface area contributed by atoms with Crippen LogP contribution in [0.5, 0.6) is 11.5 Å². The zero-order valence-electron chi connectivity index (χ0n) is 22.3. The Bertz CT molecular complexity index is 1360. The van der Waals surface area contributed by atoms with E-state index in [-0.39, 0.29) is 10.7 Å². The lowest BCUT2D eigenvalue weighted by Gasteiger charge is -2.36. The van der Waals surface area contributed by atoms with Gasteiger partial charge in [-0.15, -0.1) is 0 Å². The standard InChI is InChI=1S/C31H31N3O4S/c1-4-5-17-32-18-16-22-19-21(6-15-28(22)32)20-27-29(35)33(23-7-11-25(37-2)12-8-23)31(39)34(30(27)36)24-9-13-26(38-3)14-10-24/h6-15,19-20H,4-5,16-18H2,1-3H3. The summed E-state index contributed by atoms with van der Waals surface area (Å²) >= 11 is 5.73. The number of methoxy groups -OCH3 is 2. The lowest BCUT2D eigenvalue weighted by atomic mass is 10.0. The Kier molecular flexibility index (Phi) is 7.65. The summed E-state index contributed by atoms with van der Waals surface area (Å²) in [6.45, 7) is 4.21. The number of anilines is 3. The SMILES string of the molecule is CCCCN1CCc2cc(C=C3C(=O)N(c4ccc(OC)cc4)C(=S)N(c4ccc(OC)cc4)C3=O)ccc21. The fraction of sp³-hybridized carbons (Fsp3) is 0.258. The highest BCUT2D eigenvalue weighted by molar-refractivity contribution is 7.81. The Hall–Kier alpha value is -4.17. The molecule has 0 atom stereocenters. The minimum absolute atomic E-state index is 0.0380. The largest absolute Gasteiger partial charge is 0.497 e. The average Bonchev–Trinajstić information content (AvgIpc) is 3.37. The van der Waals surface area contributed by atoms with Gasteiger partial charge in [0.05, 0.1) is 25.6 Å².